The lowest BCUT2D eigenvalue weighted by atomic mass is 10.0. The number of methoxy groups -OCH3 is 1. The summed E-state index contributed by atoms with van der Waals surface area (Å²) in [5.41, 5.74) is 3.76. The number of phenols is 1. The number of ether oxygens (including phenoxy) is 1. The summed E-state index contributed by atoms with van der Waals surface area (Å²) in [6, 6.07) is 22.5. The SMILES string of the molecule is COc1ccc(-c2cn(-c3ccc(O)c(C(=O)CCCc4ccccc4)c3)nn2)cc1. The Labute approximate surface area is 180 Å². The Kier molecular flexibility index (Phi) is 6.08. The van der Waals surface area contributed by atoms with E-state index in [0.29, 0.717) is 23.4 Å². The molecule has 0 aliphatic carbocycles. The van der Waals surface area contributed by atoms with Gasteiger partial charge in [-0.05, 0) is 60.9 Å². The monoisotopic (exact) mass is 413 g/mol. The van der Waals surface area contributed by atoms with E-state index in [-0.39, 0.29) is 11.5 Å². The molecule has 0 fully saturated rings. The summed E-state index contributed by atoms with van der Waals surface area (Å²) in [6.45, 7) is 0. The number of benzene rings is 3. The molecule has 1 aromatic heterocycles. The van der Waals surface area contributed by atoms with Crippen molar-refractivity contribution >= 4 is 5.78 Å². The molecular formula is C25H23N3O3. The number of rotatable bonds is 8. The van der Waals surface area contributed by atoms with E-state index in [1.54, 1.807) is 30.1 Å². The van der Waals surface area contributed by atoms with Gasteiger partial charge in [-0.15, -0.1) is 5.10 Å². The molecule has 0 bridgehead atoms. The zero-order valence-corrected chi connectivity index (χ0v) is 17.2. The lowest BCUT2D eigenvalue weighted by molar-refractivity contribution is 0.0977. The van der Waals surface area contributed by atoms with Gasteiger partial charge in [0.25, 0.3) is 0 Å². The minimum atomic E-state index is -0.0919. The van der Waals surface area contributed by atoms with Gasteiger partial charge in [0, 0.05) is 12.0 Å². The Morgan fingerprint density at radius 1 is 1.03 bits per heavy atom. The van der Waals surface area contributed by atoms with Crippen LogP contribution in [0, 0.1) is 0 Å². The first-order valence-corrected chi connectivity index (χ1v) is 10.1. The summed E-state index contributed by atoms with van der Waals surface area (Å²) in [5.74, 6) is 0.653. The highest BCUT2D eigenvalue weighted by atomic mass is 16.5. The fourth-order valence-corrected chi connectivity index (χ4v) is 3.41. The first kappa shape index (κ1) is 20.3. The van der Waals surface area contributed by atoms with Crippen LogP contribution in [0.4, 0.5) is 0 Å². The molecule has 1 heterocycles. The minimum absolute atomic E-state index is 0.0241. The highest BCUT2D eigenvalue weighted by molar-refractivity contribution is 5.99. The van der Waals surface area contributed by atoms with E-state index >= 15 is 0 Å². The van der Waals surface area contributed by atoms with Crippen LogP contribution < -0.4 is 4.74 Å². The molecular weight excluding hydrogens is 390 g/mol. The van der Waals surface area contributed by atoms with Crippen LogP contribution in [-0.4, -0.2) is 33.0 Å². The average molecular weight is 413 g/mol. The summed E-state index contributed by atoms with van der Waals surface area (Å²) < 4.78 is 6.78. The standard InChI is InChI=1S/C25H23N3O3/c1-31-21-13-10-19(11-14-21)23-17-28(27-26-23)20-12-15-25(30)22(16-20)24(29)9-5-8-18-6-3-2-4-7-18/h2-4,6-7,10-17,30H,5,8-9H2,1H3. The van der Waals surface area contributed by atoms with E-state index in [1.165, 1.54) is 11.6 Å². The lowest BCUT2D eigenvalue weighted by Crippen LogP contribution is -2.03. The van der Waals surface area contributed by atoms with Crippen LogP contribution in [0.3, 0.4) is 0 Å². The number of Topliss-reactive ketones (excluding diaryl/α,β-unsaturated/α-hetero) is 1. The summed E-state index contributed by atoms with van der Waals surface area (Å²) in [6.07, 6.45) is 3.69. The average Bonchev–Trinajstić information content (AvgIpc) is 3.30. The molecule has 0 aliphatic rings. The zero-order valence-electron chi connectivity index (χ0n) is 17.2. The van der Waals surface area contributed by atoms with Crippen molar-refractivity contribution in [2.75, 3.05) is 7.11 Å². The Balaban J connectivity index is 1.48. The molecule has 31 heavy (non-hydrogen) atoms. The van der Waals surface area contributed by atoms with Gasteiger partial charge in [0.1, 0.15) is 17.2 Å². The van der Waals surface area contributed by atoms with Gasteiger partial charge in [-0.2, -0.15) is 0 Å². The smallest absolute Gasteiger partial charge is 0.166 e. The van der Waals surface area contributed by atoms with E-state index in [1.807, 2.05) is 54.6 Å². The Morgan fingerprint density at radius 3 is 2.55 bits per heavy atom. The quantitative estimate of drug-likeness (QED) is 0.418. The zero-order chi connectivity index (χ0) is 21.6. The number of aromatic nitrogens is 3. The fraction of sp³-hybridized carbons (Fsp3) is 0.160. The van der Waals surface area contributed by atoms with Crippen molar-refractivity contribution in [2.24, 2.45) is 0 Å². The van der Waals surface area contributed by atoms with Gasteiger partial charge < -0.3 is 9.84 Å². The molecule has 6 heteroatoms. The van der Waals surface area contributed by atoms with Crippen molar-refractivity contribution in [1.29, 1.82) is 0 Å². The van der Waals surface area contributed by atoms with Crippen LogP contribution in [0.2, 0.25) is 0 Å². The molecule has 4 aromatic rings. The van der Waals surface area contributed by atoms with Gasteiger partial charge in [0.05, 0.1) is 24.6 Å². The summed E-state index contributed by atoms with van der Waals surface area (Å²) in [4.78, 5) is 12.7. The highest BCUT2D eigenvalue weighted by Gasteiger charge is 2.14. The maximum atomic E-state index is 12.7. The molecule has 3 aromatic carbocycles. The van der Waals surface area contributed by atoms with Crippen molar-refractivity contribution in [1.82, 2.24) is 15.0 Å². The van der Waals surface area contributed by atoms with Crippen LogP contribution in [-0.2, 0) is 6.42 Å². The van der Waals surface area contributed by atoms with Crippen molar-refractivity contribution in [3.05, 3.63) is 90.1 Å². The number of hydrogen-bond donors (Lipinski definition) is 1. The summed E-state index contributed by atoms with van der Waals surface area (Å²) >= 11 is 0. The summed E-state index contributed by atoms with van der Waals surface area (Å²) in [5, 5.41) is 18.6. The number of carbonyl (C=O) groups is 1. The van der Waals surface area contributed by atoms with Crippen LogP contribution in [0.5, 0.6) is 11.5 Å². The topological polar surface area (TPSA) is 77.2 Å². The van der Waals surface area contributed by atoms with E-state index < -0.39 is 0 Å². The van der Waals surface area contributed by atoms with Gasteiger partial charge in [0.15, 0.2) is 5.78 Å². The van der Waals surface area contributed by atoms with Crippen LogP contribution in [0.25, 0.3) is 16.9 Å². The highest BCUT2D eigenvalue weighted by Crippen LogP contribution is 2.25. The molecule has 156 valence electrons. The van der Waals surface area contributed by atoms with E-state index in [2.05, 4.69) is 10.3 Å². The molecule has 4 rings (SSSR count). The number of nitrogens with zero attached hydrogens (tertiary/aromatic N) is 3. The van der Waals surface area contributed by atoms with Gasteiger partial charge in [-0.25, -0.2) is 4.68 Å². The Hall–Kier alpha value is -3.93. The van der Waals surface area contributed by atoms with Crippen molar-refractivity contribution in [3.8, 4) is 28.4 Å². The number of aryl methyl sites for hydroxylation is 1. The van der Waals surface area contributed by atoms with Gasteiger partial charge in [-0.1, -0.05) is 35.5 Å². The molecule has 0 atom stereocenters. The predicted octanol–water partition coefficient (Wildman–Crippen LogP) is 4.85. The second-order valence-corrected chi connectivity index (χ2v) is 7.24. The molecule has 0 unspecified atom stereocenters. The molecule has 0 saturated heterocycles. The minimum Gasteiger partial charge on any atom is -0.507 e. The Bertz CT molecular complexity index is 1170. The molecule has 0 spiro atoms. The molecule has 1 N–H and O–H groups in total. The Morgan fingerprint density at radius 2 is 1.81 bits per heavy atom. The lowest BCUT2D eigenvalue weighted by Gasteiger charge is -2.07. The molecule has 0 saturated carbocycles. The maximum absolute atomic E-state index is 12.7. The number of phenolic OH excluding ortho intramolecular Hbond substituents is 1. The number of hydrogen-bond acceptors (Lipinski definition) is 5. The van der Waals surface area contributed by atoms with Crippen LogP contribution in [0.15, 0.2) is 79.0 Å². The van der Waals surface area contributed by atoms with E-state index in [9.17, 15) is 9.90 Å². The van der Waals surface area contributed by atoms with E-state index in [4.69, 9.17) is 4.74 Å². The third-order valence-corrected chi connectivity index (χ3v) is 5.14. The number of aromatic hydroxyl groups is 1. The second kappa shape index (κ2) is 9.26. The largest absolute Gasteiger partial charge is 0.507 e. The molecule has 0 amide bonds. The van der Waals surface area contributed by atoms with Crippen molar-refractivity contribution in [3.63, 3.8) is 0 Å². The second-order valence-electron chi connectivity index (χ2n) is 7.24. The van der Waals surface area contributed by atoms with Gasteiger partial charge >= 0.3 is 0 Å². The van der Waals surface area contributed by atoms with Crippen molar-refractivity contribution in [2.45, 2.75) is 19.3 Å². The van der Waals surface area contributed by atoms with Crippen molar-refractivity contribution < 1.29 is 14.6 Å². The first-order valence-electron chi connectivity index (χ1n) is 10.1. The predicted molar refractivity (Wildman–Crippen MR) is 119 cm³/mol. The van der Waals surface area contributed by atoms with Crippen LogP contribution in [0.1, 0.15) is 28.8 Å². The van der Waals surface area contributed by atoms with Crippen LogP contribution >= 0.6 is 0 Å². The van der Waals surface area contributed by atoms with E-state index in [0.717, 1.165) is 24.2 Å². The molecule has 6 nitrogen and oxygen atoms in total. The third-order valence-electron chi connectivity index (χ3n) is 5.14. The molecule has 0 radical (unpaired) electrons. The van der Waals surface area contributed by atoms with Gasteiger partial charge in [0.2, 0.25) is 0 Å². The molecule has 0 aliphatic heterocycles. The first-order chi connectivity index (χ1) is 15.1. The number of ketones is 1. The fourth-order valence-electron chi connectivity index (χ4n) is 3.41. The normalized spacial score (nSPS) is 10.7. The summed E-state index contributed by atoms with van der Waals surface area (Å²) in [7, 11) is 1.62. The number of carbonyl (C=O) groups excluding carboxylic acids is 1. The van der Waals surface area contributed by atoms with Gasteiger partial charge in [-0.3, -0.25) is 4.79 Å². The third kappa shape index (κ3) is 4.80. The maximum Gasteiger partial charge on any atom is 0.166 e.